The van der Waals surface area contributed by atoms with Crippen molar-refractivity contribution in [2.45, 2.75) is 32.2 Å². The fourth-order valence-electron chi connectivity index (χ4n) is 5.36. The van der Waals surface area contributed by atoms with E-state index in [0.717, 1.165) is 29.4 Å². The molecule has 1 aliphatic carbocycles. The Morgan fingerprint density at radius 3 is 2.77 bits per heavy atom. The van der Waals surface area contributed by atoms with Crippen molar-refractivity contribution >= 4 is 33.4 Å². The topological polar surface area (TPSA) is 108 Å². The van der Waals surface area contributed by atoms with Crippen molar-refractivity contribution < 1.29 is 8.78 Å². The van der Waals surface area contributed by atoms with Crippen LogP contribution < -0.4 is 5.32 Å². The number of halogens is 2. The number of fused-ring (bicyclic) bond motifs is 2. The van der Waals surface area contributed by atoms with Gasteiger partial charge in [-0.2, -0.15) is 9.49 Å². The largest absolute Gasteiger partial charge is 0.336 e. The zero-order valence-corrected chi connectivity index (χ0v) is 21.7. The molecule has 0 atom stereocenters. The molecule has 196 valence electrons. The van der Waals surface area contributed by atoms with E-state index in [1.807, 2.05) is 6.07 Å². The molecule has 6 aromatic rings. The molecule has 7 rings (SSSR count). The Morgan fingerprint density at radius 1 is 1.03 bits per heavy atom. The number of H-pyrrole nitrogens is 2. The molecule has 1 aliphatic rings. The minimum absolute atomic E-state index is 0.230. The van der Waals surface area contributed by atoms with Crippen molar-refractivity contribution in [1.29, 1.82) is 0 Å². The van der Waals surface area contributed by atoms with Crippen molar-refractivity contribution in [1.82, 2.24) is 40.4 Å². The number of aromatic amines is 2. The summed E-state index contributed by atoms with van der Waals surface area (Å²) < 4.78 is 29.8. The zero-order chi connectivity index (χ0) is 26.3. The van der Waals surface area contributed by atoms with Crippen LogP contribution >= 0.6 is 11.3 Å². The normalized spacial score (nSPS) is 14.2. The van der Waals surface area contributed by atoms with Crippen molar-refractivity contribution in [3.8, 4) is 33.2 Å². The molecule has 39 heavy (non-hydrogen) atoms. The fourth-order valence-corrected chi connectivity index (χ4v) is 6.09. The van der Waals surface area contributed by atoms with E-state index in [2.05, 4.69) is 40.4 Å². The molecule has 0 aromatic carbocycles. The minimum atomic E-state index is -0.458. The van der Waals surface area contributed by atoms with E-state index in [1.165, 1.54) is 37.9 Å². The van der Waals surface area contributed by atoms with Gasteiger partial charge in [-0.1, -0.05) is 12.8 Å². The summed E-state index contributed by atoms with van der Waals surface area (Å²) in [6, 6.07) is 6.78. The second-order valence-corrected chi connectivity index (χ2v) is 10.9. The molecule has 0 unspecified atom stereocenters. The van der Waals surface area contributed by atoms with Gasteiger partial charge in [-0.3, -0.25) is 15.1 Å². The first-order valence-corrected chi connectivity index (χ1v) is 13.7. The molecule has 6 heterocycles. The van der Waals surface area contributed by atoms with Crippen LogP contribution in [0.25, 0.3) is 55.3 Å². The third-order valence-electron chi connectivity index (χ3n) is 7.30. The second kappa shape index (κ2) is 9.90. The molecule has 8 nitrogen and oxygen atoms in total. The van der Waals surface area contributed by atoms with E-state index in [0.29, 0.717) is 56.4 Å². The van der Waals surface area contributed by atoms with Crippen molar-refractivity contribution in [3.63, 3.8) is 0 Å². The molecule has 0 radical (unpaired) electrons. The number of aromatic nitrogens is 7. The Morgan fingerprint density at radius 2 is 1.92 bits per heavy atom. The molecule has 11 heteroatoms. The van der Waals surface area contributed by atoms with Gasteiger partial charge in [0.15, 0.2) is 16.6 Å². The van der Waals surface area contributed by atoms with Gasteiger partial charge in [0.1, 0.15) is 22.7 Å². The number of hydrogen-bond acceptors (Lipinski definition) is 7. The average molecular weight is 543 g/mol. The van der Waals surface area contributed by atoms with E-state index in [9.17, 15) is 4.39 Å². The highest BCUT2D eigenvalue weighted by atomic mass is 32.1. The first-order chi connectivity index (χ1) is 19.1. The maximum atomic E-state index is 16.1. The number of thiophene rings is 1. The summed E-state index contributed by atoms with van der Waals surface area (Å²) in [5.41, 5.74) is 4.37. The molecule has 0 bridgehead atoms. The van der Waals surface area contributed by atoms with E-state index < -0.39 is 5.82 Å². The molecular weight excluding hydrogens is 518 g/mol. The monoisotopic (exact) mass is 542 g/mol. The first-order valence-electron chi connectivity index (χ1n) is 12.9. The predicted molar refractivity (Wildman–Crippen MR) is 147 cm³/mol. The van der Waals surface area contributed by atoms with E-state index in [1.54, 1.807) is 30.7 Å². The number of nitrogens with one attached hydrogen (secondary N) is 3. The summed E-state index contributed by atoms with van der Waals surface area (Å²) in [5.74, 6) is 0.644. The van der Waals surface area contributed by atoms with Crippen LogP contribution in [0.3, 0.4) is 0 Å². The lowest BCUT2D eigenvalue weighted by Gasteiger charge is -2.11. The van der Waals surface area contributed by atoms with Crippen molar-refractivity contribution in [2.75, 3.05) is 6.54 Å². The van der Waals surface area contributed by atoms with Crippen LogP contribution in [0.5, 0.6) is 0 Å². The number of rotatable bonds is 7. The molecule has 1 saturated carbocycles. The third-order valence-corrected chi connectivity index (χ3v) is 8.18. The molecule has 0 aliphatic heterocycles. The molecular formula is C28H24F2N8S. The Bertz CT molecular complexity index is 1800. The lowest BCUT2D eigenvalue weighted by atomic mass is 10.0. The highest BCUT2D eigenvalue weighted by molar-refractivity contribution is 7.13. The molecule has 6 aromatic heterocycles. The standard InChI is InChI=1S/C28H24F2N8S/c29-21-6-5-20(39-21)25-24-19(7-8-33-25)35-28(36-24)26-22-23(30)18(14-34-27(22)38-37-26)17-9-16(12-32-13-17)11-31-10-15-3-1-2-4-15/h5-9,12-15,31H,1-4,10-11H2,(H,35,36)(H,34,37,38). The van der Waals surface area contributed by atoms with Gasteiger partial charge in [0, 0.05) is 42.5 Å². The summed E-state index contributed by atoms with van der Waals surface area (Å²) in [6.07, 6.45) is 11.8. The number of hydrogen-bond donors (Lipinski definition) is 3. The van der Waals surface area contributed by atoms with E-state index in [-0.39, 0.29) is 10.5 Å². The van der Waals surface area contributed by atoms with Crippen LogP contribution in [0, 0.1) is 16.9 Å². The Balaban J connectivity index is 1.23. The van der Waals surface area contributed by atoms with Gasteiger partial charge < -0.3 is 10.3 Å². The highest BCUT2D eigenvalue weighted by Crippen LogP contribution is 2.35. The molecule has 0 spiro atoms. The smallest absolute Gasteiger partial charge is 0.177 e. The Hall–Kier alpha value is -4.09. The predicted octanol–water partition coefficient (Wildman–Crippen LogP) is 6.24. The third kappa shape index (κ3) is 4.47. The zero-order valence-electron chi connectivity index (χ0n) is 20.8. The number of imidazole rings is 1. The van der Waals surface area contributed by atoms with Gasteiger partial charge in [0.25, 0.3) is 0 Å². The van der Waals surface area contributed by atoms with E-state index in [4.69, 9.17) is 0 Å². The summed E-state index contributed by atoms with van der Waals surface area (Å²) >= 11 is 0.994. The Labute approximate surface area is 226 Å². The molecule has 1 fully saturated rings. The fraction of sp³-hybridized carbons (Fsp3) is 0.250. The van der Waals surface area contributed by atoms with Crippen LogP contribution in [-0.2, 0) is 6.54 Å². The maximum Gasteiger partial charge on any atom is 0.177 e. The quantitative estimate of drug-likeness (QED) is 0.220. The maximum absolute atomic E-state index is 16.1. The van der Waals surface area contributed by atoms with Gasteiger partial charge in [-0.25, -0.2) is 14.4 Å². The van der Waals surface area contributed by atoms with Crippen LogP contribution in [0.4, 0.5) is 8.78 Å². The number of nitrogens with zero attached hydrogens (tertiary/aromatic N) is 5. The molecule has 0 saturated heterocycles. The summed E-state index contributed by atoms with van der Waals surface area (Å²) in [7, 11) is 0. The van der Waals surface area contributed by atoms with Crippen molar-refractivity contribution in [2.24, 2.45) is 5.92 Å². The molecule has 3 N–H and O–H groups in total. The summed E-state index contributed by atoms with van der Waals surface area (Å²) in [6.45, 7) is 1.66. The summed E-state index contributed by atoms with van der Waals surface area (Å²) in [5, 5.41) is 10.6. The van der Waals surface area contributed by atoms with Crippen molar-refractivity contribution in [3.05, 3.63) is 65.6 Å². The van der Waals surface area contributed by atoms with E-state index >= 15 is 4.39 Å². The van der Waals surface area contributed by atoms with Crippen LogP contribution in [0.15, 0.2) is 49.1 Å². The molecule has 0 amide bonds. The van der Waals surface area contributed by atoms with Crippen LogP contribution in [0.1, 0.15) is 31.2 Å². The average Bonchev–Trinajstić information content (AvgIpc) is 3.75. The van der Waals surface area contributed by atoms with Gasteiger partial charge in [0.05, 0.1) is 15.8 Å². The van der Waals surface area contributed by atoms with Crippen LogP contribution in [-0.4, -0.2) is 41.7 Å². The highest BCUT2D eigenvalue weighted by Gasteiger charge is 2.22. The second-order valence-electron chi connectivity index (χ2n) is 9.89. The van der Waals surface area contributed by atoms with Gasteiger partial charge in [-0.15, -0.1) is 11.3 Å². The lowest BCUT2D eigenvalue weighted by Crippen LogP contribution is -2.20. The van der Waals surface area contributed by atoms with Crippen LogP contribution in [0.2, 0.25) is 0 Å². The first kappa shape index (κ1) is 24.0. The summed E-state index contributed by atoms with van der Waals surface area (Å²) in [4.78, 5) is 21.8. The Kier molecular flexibility index (Phi) is 6.09. The minimum Gasteiger partial charge on any atom is -0.336 e. The SMILES string of the molecule is Fc1ccc(-c2nccc3[nH]c(-c4n[nH]c5ncc(-c6cncc(CNCC7CCCC7)c6)c(F)c45)nc23)s1. The van der Waals surface area contributed by atoms with Gasteiger partial charge in [0.2, 0.25) is 0 Å². The van der Waals surface area contributed by atoms with Gasteiger partial charge in [-0.05, 0) is 55.1 Å². The number of pyridine rings is 3. The van der Waals surface area contributed by atoms with Gasteiger partial charge >= 0.3 is 0 Å². The lowest BCUT2D eigenvalue weighted by molar-refractivity contribution is 0.489.